The van der Waals surface area contributed by atoms with Gasteiger partial charge in [0.1, 0.15) is 5.76 Å². The van der Waals surface area contributed by atoms with E-state index in [0.717, 1.165) is 0 Å². The second-order valence-corrected chi connectivity index (χ2v) is 6.18. The summed E-state index contributed by atoms with van der Waals surface area (Å²) < 4.78 is 31.2. The van der Waals surface area contributed by atoms with Crippen molar-refractivity contribution < 1.29 is 22.7 Å². The zero-order chi connectivity index (χ0) is 13.4. The van der Waals surface area contributed by atoms with E-state index in [1.807, 2.05) is 6.92 Å². The summed E-state index contributed by atoms with van der Waals surface area (Å²) in [5.74, 6) is -0.381. The van der Waals surface area contributed by atoms with Crippen molar-refractivity contribution in [3.8, 4) is 0 Å². The molecule has 0 saturated heterocycles. The summed E-state index contributed by atoms with van der Waals surface area (Å²) in [5, 5.41) is 8.79. The Bertz CT molecular complexity index is 556. The van der Waals surface area contributed by atoms with Crippen LogP contribution in [0.1, 0.15) is 25.5 Å². The molecule has 1 heterocycles. The zero-order valence-corrected chi connectivity index (χ0v) is 10.8. The average Bonchev–Trinajstić information content (AvgIpc) is 2.96. The number of nitrogens with one attached hydrogen (secondary N) is 1. The predicted octanol–water partition coefficient (Wildman–Crippen LogP) is 0.985. The van der Waals surface area contributed by atoms with E-state index in [1.54, 1.807) is 6.07 Å². The van der Waals surface area contributed by atoms with Crippen molar-refractivity contribution in [3.05, 3.63) is 17.9 Å². The van der Waals surface area contributed by atoms with Crippen molar-refractivity contribution in [3.63, 3.8) is 0 Å². The van der Waals surface area contributed by atoms with Crippen LogP contribution >= 0.6 is 0 Å². The largest absolute Gasteiger partial charge is 0.481 e. The Hall–Kier alpha value is -1.34. The summed E-state index contributed by atoms with van der Waals surface area (Å²) in [6.45, 7) is 1.76. The highest BCUT2D eigenvalue weighted by Gasteiger charge is 2.50. The quantitative estimate of drug-likeness (QED) is 0.805. The van der Waals surface area contributed by atoms with Crippen LogP contribution in [-0.4, -0.2) is 26.0 Å². The van der Waals surface area contributed by atoms with Gasteiger partial charge in [0.15, 0.2) is 0 Å². The Morgan fingerprint density at radius 2 is 2.17 bits per heavy atom. The van der Waals surface area contributed by atoms with Crippen molar-refractivity contribution in [1.82, 2.24) is 4.72 Å². The van der Waals surface area contributed by atoms with Crippen LogP contribution < -0.4 is 4.72 Å². The Morgan fingerprint density at radius 1 is 1.50 bits per heavy atom. The normalized spacial score (nSPS) is 17.6. The molecule has 100 valence electrons. The zero-order valence-electron chi connectivity index (χ0n) is 9.97. The molecule has 0 atom stereocenters. The molecule has 1 saturated carbocycles. The Balaban J connectivity index is 2.06. The number of carbonyl (C=O) groups is 1. The summed E-state index contributed by atoms with van der Waals surface area (Å²) in [6.07, 6.45) is 1.61. The summed E-state index contributed by atoms with van der Waals surface area (Å²) in [6, 6.07) is 2.97. The molecule has 0 aliphatic heterocycles. The van der Waals surface area contributed by atoms with Crippen LogP contribution in [0, 0.1) is 5.41 Å². The highest BCUT2D eigenvalue weighted by molar-refractivity contribution is 7.89. The number of carboxylic acid groups (broad SMARTS) is 1. The fourth-order valence-electron chi connectivity index (χ4n) is 1.61. The monoisotopic (exact) mass is 273 g/mol. The average molecular weight is 273 g/mol. The van der Waals surface area contributed by atoms with Crippen molar-refractivity contribution in [2.75, 3.05) is 6.54 Å². The first-order chi connectivity index (χ1) is 8.39. The van der Waals surface area contributed by atoms with Gasteiger partial charge in [0.2, 0.25) is 5.09 Å². The molecule has 2 N–H and O–H groups in total. The maximum Gasteiger partial charge on any atom is 0.310 e. The van der Waals surface area contributed by atoms with Gasteiger partial charge in [-0.05, 0) is 25.0 Å². The number of hydrogen-bond donors (Lipinski definition) is 2. The number of aryl methyl sites for hydroxylation is 1. The molecule has 2 rings (SSSR count). The van der Waals surface area contributed by atoms with Gasteiger partial charge < -0.3 is 9.52 Å². The van der Waals surface area contributed by atoms with Gasteiger partial charge in [-0.3, -0.25) is 4.79 Å². The summed E-state index contributed by atoms with van der Waals surface area (Å²) in [4.78, 5) is 10.9. The van der Waals surface area contributed by atoms with E-state index in [4.69, 9.17) is 9.52 Å². The fourth-order valence-corrected chi connectivity index (χ4v) is 2.69. The minimum absolute atomic E-state index is 0.0905. The van der Waals surface area contributed by atoms with Gasteiger partial charge in [0, 0.05) is 13.0 Å². The van der Waals surface area contributed by atoms with E-state index in [9.17, 15) is 13.2 Å². The number of carboxylic acids is 1. The van der Waals surface area contributed by atoms with Gasteiger partial charge in [-0.25, -0.2) is 13.1 Å². The second kappa shape index (κ2) is 4.40. The van der Waals surface area contributed by atoms with Crippen LogP contribution in [0.2, 0.25) is 0 Å². The van der Waals surface area contributed by atoms with Crippen LogP contribution in [-0.2, 0) is 21.2 Å². The molecule has 0 radical (unpaired) electrons. The van der Waals surface area contributed by atoms with Crippen LogP contribution in [0.5, 0.6) is 0 Å². The molecule has 1 aliphatic rings. The molecule has 7 heteroatoms. The molecule has 18 heavy (non-hydrogen) atoms. The van der Waals surface area contributed by atoms with E-state index in [2.05, 4.69) is 4.72 Å². The van der Waals surface area contributed by atoms with E-state index >= 15 is 0 Å². The molecule has 0 spiro atoms. The maximum absolute atomic E-state index is 11.9. The number of sulfonamides is 1. The molecule has 0 unspecified atom stereocenters. The van der Waals surface area contributed by atoms with Gasteiger partial charge in [-0.2, -0.15) is 0 Å². The fraction of sp³-hybridized carbons (Fsp3) is 0.545. The third-order valence-electron chi connectivity index (χ3n) is 3.16. The van der Waals surface area contributed by atoms with Gasteiger partial charge in [-0.15, -0.1) is 0 Å². The molecule has 1 fully saturated rings. The van der Waals surface area contributed by atoms with Gasteiger partial charge in [0.05, 0.1) is 5.41 Å². The van der Waals surface area contributed by atoms with Gasteiger partial charge in [0.25, 0.3) is 10.0 Å². The van der Waals surface area contributed by atoms with Crippen molar-refractivity contribution in [1.29, 1.82) is 0 Å². The topological polar surface area (TPSA) is 96.6 Å². The molecule has 0 bridgehead atoms. The predicted molar refractivity (Wildman–Crippen MR) is 62.6 cm³/mol. The number of hydrogen-bond acceptors (Lipinski definition) is 4. The van der Waals surface area contributed by atoms with Crippen molar-refractivity contribution in [2.45, 2.75) is 31.3 Å². The van der Waals surface area contributed by atoms with E-state index in [1.165, 1.54) is 6.07 Å². The number of aliphatic carboxylic acids is 1. The van der Waals surface area contributed by atoms with Crippen LogP contribution in [0.3, 0.4) is 0 Å². The molecular weight excluding hydrogens is 258 g/mol. The molecule has 0 amide bonds. The molecular formula is C11H15NO5S. The van der Waals surface area contributed by atoms with E-state index in [0.29, 0.717) is 25.0 Å². The van der Waals surface area contributed by atoms with Gasteiger partial charge >= 0.3 is 5.97 Å². The summed E-state index contributed by atoms with van der Waals surface area (Å²) >= 11 is 0. The Labute approximate surface area is 105 Å². The lowest BCUT2D eigenvalue weighted by atomic mass is 10.1. The first-order valence-corrected chi connectivity index (χ1v) is 7.20. The smallest absolute Gasteiger partial charge is 0.310 e. The Kier molecular flexibility index (Phi) is 3.20. The summed E-state index contributed by atoms with van der Waals surface area (Å²) in [7, 11) is -3.76. The van der Waals surface area contributed by atoms with Gasteiger partial charge in [-0.1, -0.05) is 6.92 Å². The molecule has 1 aliphatic carbocycles. The first kappa shape index (κ1) is 13.1. The van der Waals surface area contributed by atoms with Crippen molar-refractivity contribution >= 4 is 16.0 Å². The molecule has 6 nitrogen and oxygen atoms in total. The Morgan fingerprint density at radius 3 is 2.61 bits per heavy atom. The lowest BCUT2D eigenvalue weighted by molar-refractivity contribution is -0.143. The molecule has 1 aromatic heterocycles. The third-order valence-corrected chi connectivity index (χ3v) is 4.43. The number of furan rings is 1. The number of rotatable bonds is 6. The lowest BCUT2D eigenvalue weighted by Gasteiger charge is -2.10. The third kappa shape index (κ3) is 2.41. The second-order valence-electron chi connectivity index (χ2n) is 4.48. The van der Waals surface area contributed by atoms with E-state index in [-0.39, 0.29) is 11.6 Å². The standard InChI is InChI=1S/C11H15NO5S/c1-2-8-3-4-9(17-8)18(15,16)12-7-11(5-6-11)10(13)14/h3-4,12H,2,5-7H2,1H3,(H,13,14). The molecule has 1 aromatic rings. The SMILES string of the molecule is CCc1ccc(S(=O)(=O)NCC2(C(=O)O)CC2)o1. The van der Waals surface area contributed by atoms with Crippen LogP contribution in [0.25, 0.3) is 0 Å². The highest BCUT2D eigenvalue weighted by atomic mass is 32.2. The minimum atomic E-state index is -3.76. The van der Waals surface area contributed by atoms with Crippen LogP contribution in [0.4, 0.5) is 0 Å². The molecule has 0 aromatic carbocycles. The first-order valence-electron chi connectivity index (χ1n) is 5.71. The van der Waals surface area contributed by atoms with Crippen LogP contribution in [0.15, 0.2) is 21.6 Å². The minimum Gasteiger partial charge on any atom is -0.481 e. The summed E-state index contributed by atoms with van der Waals surface area (Å²) in [5.41, 5.74) is -0.923. The highest BCUT2D eigenvalue weighted by Crippen LogP contribution is 2.45. The van der Waals surface area contributed by atoms with E-state index < -0.39 is 21.4 Å². The van der Waals surface area contributed by atoms with Crippen molar-refractivity contribution in [2.24, 2.45) is 5.41 Å². The lowest BCUT2D eigenvalue weighted by Crippen LogP contribution is -2.34. The maximum atomic E-state index is 11.9.